The van der Waals surface area contributed by atoms with Gasteiger partial charge in [0.15, 0.2) is 0 Å². The Labute approximate surface area is 246 Å². The molecule has 13 nitrogen and oxygen atoms in total. The quantitative estimate of drug-likeness (QED) is 0.146. The number of ether oxygens (including phenoxy) is 3. The van der Waals surface area contributed by atoms with Crippen molar-refractivity contribution < 1.29 is 37.0 Å². The van der Waals surface area contributed by atoms with Gasteiger partial charge in [0, 0.05) is 11.7 Å². The van der Waals surface area contributed by atoms with Crippen LogP contribution in [0.3, 0.4) is 0 Å². The normalized spacial score (nSPS) is 12.4. The summed E-state index contributed by atoms with van der Waals surface area (Å²) in [6.07, 6.45) is -1.87. The van der Waals surface area contributed by atoms with Crippen LogP contribution in [0.15, 0.2) is 58.4 Å². The molecular formula is C28H39N5O8S. The minimum absolute atomic E-state index is 0.0684. The fourth-order valence-electron chi connectivity index (χ4n) is 3.30. The molecule has 0 fully saturated rings. The maximum atomic E-state index is 13.2. The van der Waals surface area contributed by atoms with Crippen LogP contribution in [0.1, 0.15) is 66.5 Å². The lowest BCUT2D eigenvalue weighted by Crippen LogP contribution is -2.47. The van der Waals surface area contributed by atoms with E-state index in [9.17, 15) is 22.8 Å². The number of nitrogens with one attached hydrogen (secondary N) is 3. The van der Waals surface area contributed by atoms with E-state index in [0.29, 0.717) is 5.56 Å². The van der Waals surface area contributed by atoms with E-state index in [0.717, 1.165) is 0 Å². The molecule has 0 saturated heterocycles. The van der Waals surface area contributed by atoms with Gasteiger partial charge in [-0.3, -0.25) is 20.2 Å². The van der Waals surface area contributed by atoms with Gasteiger partial charge in [-0.15, -0.1) is 0 Å². The maximum Gasteiger partial charge on any atom is 0.414 e. The van der Waals surface area contributed by atoms with Crippen LogP contribution in [-0.2, 0) is 29.0 Å². The Kier molecular flexibility index (Phi) is 11.5. The van der Waals surface area contributed by atoms with Gasteiger partial charge in [-0.1, -0.05) is 18.2 Å². The van der Waals surface area contributed by atoms with Crippen molar-refractivity contribution in [3.8, 4) is 0 Å². The van der Waals surface area contributed by atoms with E-state index in [-0.39, 0.29) is 35.3 Å². The van der Waals surface area contributed by atoms with E-state index < -0.39 is 45.4 Å². The molecule has 2 aromatic rings. The largest absolute Gasteiger partial charge is 0.466 e. The van der Waals surface area contributed by atoms with Crippen molar-refractivity contribution in [3.05, 3.63) is 54.1 Å². The van der Waals surface area contributed by atoms with E-state index in [2.05, 4.69) is 20.3 Å². The second-order valence-corrected chi connectivity index (χ2v) is 12.7. The van der Waals surface area contributed by atoms with Crippen LogP contribution < -0.4 is 21.1 Å². The second-order valence-electron chi connectivity index (χ2n) is 11.1. The Morgan fingerprint density at radius 1 is 0.905 bits per heavy atom. The maximum absolute atomic E-state index is 13.2. The predicted molar refractivity (Wildman–Crippen MR) is 158 cm³/mol. The number of rotatable bonds is 8. The van der Waals surface area contributed by atoms with Gasteiger partial charge in [0.1, 0.15) is 11.2 Å². The number of anilines is 1. The Morgan fingerprint density at radius 3 is 2.02 bits per heavy atom. The SMILES string of the molecule is CCOC(=O)CC(N)c1cccc(NS(=O)(=O)c2cccc(N=C(NC(=O)OC(C)(C)C)NC(=O)OC(C)(C)C)c2)c1. The molecule has 14 heteroatoms. The van der Waals surface area contributed by atoms with Crippen molar-refractivity contribution in [2.24, 2.45) is 10.7 Å². The molecule has 230 valence electrons. The van der Waals surface area contributed by atoms with Crippen molar-refractivity contribution in [3.63, 3.8) is 0 Å². The molecular weight excluding hydrogens is 566 g/mol. The van der Waals surface area contributed by atoms with E-state index in [1.165, 1.54) is 36.4 Å². The Morgan fingerprint density at radius 2 is 1.48 bits per heavy atom. The van der Waals surface area contributed by atoms with Crippen LogP contribution >= 0.6 is 0 Å². The number of carbonyl (C=O) groups excluding carboxylic acids is 3. The highest BCUT2D eigenvalue weighted by molar-refractivity contribution is 7.92. The first-order valence-electron chi connectivity index (χ1n) is 13.1. The van der Waals surface area contributed by atoms with Crippen molar-refractivity contribution in [1.82, 2.24) is 10.6 Å². The highest BCUT2D eigenvalue weighted by atomic mass is 32.2. The van der Waals surface area contributed by atoms with Crippen molar-refractivity contribution >= 4 is 45.5 Å². The van der Waals surface area contributed by atoms with Crippen LogP contribution in [0, 0.1) is 0 Å². The summed E-state index contributed by atoms with van der Waals surface area (Å²) in [5, 5.41) is 4.68. The van der Waals surface area contributed by atoms with E-state index in [1.54, 1.807) is 60.6 Å². The van der Waals surface area contributed by atoms with Gasteiger partial charge in [0.2, 0.25) is 5.96 Å². The lowest BCUT2D eigenvalue weighted by Gasteiger charge is -2.22. The molecule has 2 aromatic carbocycles. The molecule has 1 atom stereocenters. The topological polar surface area (TPSA) is 188 Å². The Balaban J connectivity index is 2.32. The number of guanidine groups is 1. The zero-order valence-corrected chi connectivity index (χ0v) is 25.6. The van der Waals surface area contributed by atoms with Gasteiger partial charge in [0.05, 0.1) is 23.6 Å². The van der Waals surface area contributed by atoms with Crippen LogP contribution in [0.2, 0.25) is 0 Å². The molecule has 0 heterocycles. The van der Waals surface area contributed by atoms with Crippen LogP contribution in [0.5, 0.6) is 0 Å². The predicted octanol–water partition coefficient (Wildman–Crippen LogP) is 4.48. The summed E-state index contributed by atoms with van der Waals surface area (Å²) in [6, 6.07) is 11.2. The third-order valence-corrected chi connectivity index (χ3v) is 6.25. The molecule has 5 N–H and O–H groups in total. The second kappa shape index (κ2) is 14.1. The number of aliphatic imine (C=N–C) groups is 1. The highest BCUT2D eigenvalue weighted by Gasteiger charge is 2.22. The molecule has 2 rings (SSSR count). The number of sulfonamides is 1. The molecule has 0 aromatic heterocycles. The Hall–Kier alpha value is -4.17. The van der Waals surface area contributed by atoms with Crippen molar-refractivity contribution in [2.45, 2.75) is 77.0 Å². The summed E-state index contributed by atoms with van der Waals surface area (Å²) in [5.41, 5.74) is 5.28. The monoisotopic (exact) mass is 605 g/mol. The summed E-state index contributed by atoms with van der Waals surface area (Å²) in [6.45, 7) is 11.9. The number of alkyl carbamates (subject to hydrolysis) is 2. The van der Waals surface area contributed by atoms with Gasteiger partial charge in [-0.25, -0.2) is 23.0 Å². The molecule has 0 aliphatic carbocycles. The molecule has 0 bridgehead atoms. The van der Waals surface area contributed by atoms with Gasteiger partial charge in [-0.2, -0.15) is 0 Å². The number of amides is 2. The fourth-order valence-corrected chi connectivity index (χ4v) is 4.39. The van der Waals surface area contributed by atoms with Crippen LogP contribution in [0.25, 0.3) is 0 Å². The van der Waals surface area contributed by atoms with Gasteiger partial charge < -0.3 is 19.9 Å². The highest BCUT2D eigenvalue weighted by Crippen LogP contribution is 2.24. The number of esters is 1. The number of hydrogen-bond donors (Lipinski definition) is 4. The van der Waals surface area contributed by atoms with Gasteiger partial charge >= 0.3 is 18.2 Å². The fraction of sp³-hybridized carbons (Fsp3) is 0.429. The molecule has 0 spiro atoms. The van der Waals surface area contributed by atoms with E-state index >= 15 is 0 Å². The minimum atomic E-state index is -4.12. The number of nitrogens with zero attached hydrogens (tertiary/aromatic N) is 1. The lowest BCUT2D eigenvalue weighted by atomic mass is 10.0. The standard InChI is InChI=1S/C28H39N5O8S/c1-8-39-23(34)17-22(29)18-11-9-13-20(15-18)33-42(37,38)21-14-10-12-19(16-21)30-24(31-25(35)40-27(2,3)4)32-26(36)41-28(5,6)7/h9-16,22,33H,8,17,29H2,1-7H3,(H2,30,31,32,35,36). The smallest absolute Gasteiger partial charge is 0.414 e. The first kappa shape index (κ1) is 34.0. The molecule has 0 aliphatic rings. The van der Waals surface area contributed by atoms with E-state index in [4.69, 9.17) is 19.9 Å². The first-order valence-corrected chi connectivity index (χ1v) is 14.6. The molecule has 42 heavy (non-hydrogen) atoms. The molecule has 2 amide bonds. The zero-order chi connectivity index (χ0) is 31.7. The summed E-state index contributed by atoms with van der Waals surface area (Å²) in [4.78, 5) is 40.6. The average molecular weight is 606 g/mol. The molecule has 1 unspecified atom stereocenters. The third kappa shape index (κ3) is 12.1. The van der Waals surface area contributed by atoms with Gasteiger partial charge in [0.25, 0.3) is 10.0 Å². The summed E-state index contributed by atoms with van der Waals surface area (Å²) in [5.74, 6) is -0.806. The molecule has 0 aliphatic heterocycles. The van der Waals surface area contributed by atoms with Crippen LogP contribution in [-0.4, -0.2) is 50.3 Å². The van der Waals surface area contributed by atoms with Crippen molar-refractivity contribution in [2.75, 3.05) is 11.3 Å². The summed E-state index contributed by atoms with van der Waals surface area (Å²) < 4.78 is 44.3. The third-order valence-electron chi connectivity index (χ3n) is 4.87. The first-order chi connectivity index (χ1) is 19.4. The number of hydrogen-bond acceptors (Lipinski definition) is 10. The number of carbonyl (C=O) groups is 3. The average Bonchev–Trinajstić information content (AvgIpc) is 2.81. The Bertz CT molecular complexity index is 1380. The number of nitrogens with two attached hydrogens (primary N) is 1. The van der Waals surface area contributed by atoms with E-state index in [1.807, 2.05) is 0 Å². The summed E-state index contributed by atoms with van der Waals surface area (Å²) >= 11 is 0. The minimum Gasteiger partial charge on any atom is -0.466 e. The molecule has 0 radical (unpaired) electrons. The zero-order valence-electron chi connectivity index (χ0n) is 24.8. The summed E-state index contributed by atoms with van der Waals surface area (Å²) in [7, 11) is -4.12. The van der Waals surface area contributed by atoms with Gasteiger partial charge in [-0.05, 0) is 84.4 Å². The number of benzene rings is 2. The molecule has 0 saturated carbocycles. The van der Waals surface area contributed by atoms with Crippen LogP contribution in [0.4, 0.5) is 21.0 Å². The lowest BCUT2D eigenvalue weighted by molar-refractivity contribution is -0.143. The van der Waals surface area contributed by atoms with Crippen molar-refractivity contribution in [1.29, 1.82) is 0 Å².